The molecule has 0 saturated carbocycles. The minimum Gasteiger partial charge on any atom is -0.483 e. The van der Waals surface area contributed by atoms with E-state index >= 15 is 0 Å². The van der Waals surface area contributed by atoms with Crippen molar-refractivity contribution in [2.24, 2.45) is 0 Å². The van der Waals surface area contributed by atoms with Gasteiger partial charge in [0.15, 0.2) is 0 Å². The predicted molar refractivity (Wildman–Crippen MR) is 118 cm³/mol. The van der Waals surface area contributed by atoms with Gasteiger partial charge in [0.1, 0.15) is 11.4 Å². The molecule has 3 aromatic carbocycles. The molecule has 0 heterocycles. The van der Waals surface area contributed by atoms with Gasteiger partial charge in [-0.2, -0.15) is 0 Å². The lowest BCUT2D eigenvalue weighted by molar-refractivity contribution is 0.0828. The van der Waals surface area contributed by atoms with Crippen LogP contribution in [0.4, 0.5) is 17.1 Å². The molecule has 3 rings (SSSR count). The maximum absolute atomic E-state index is 6.31. The summed E-state index contributed by atoms with van der Waals surface area (Å²) in [6.07, 6.45) is 0.814. The molecule has 0 bridgehead atoms. The van der Waals surface area contributed by atoms with Gasteiger partial charge < -0.3 is 21.5 Å². The van der Waals surface area contributed by atoms with Crippen molar-refractivity contribution in [1.82, 2.24) is 0 Å². The molecule has 4 nitrogen and oxygen atoms in total. The van der Waals surface area contributed by atoms with Crippen molar-refractivity contribution in [2.75, 3.05) is 16.8 Å². The SMILES string of the molecule is CCC(C)(Oc1cc(N)cc(N)c1)c1ccc(NC(C)c2ccccc2)cc1. The summed E-state index contributed by atoms with van der Waals surface area (Å²) in [4.78, 5) is 0. The van der Waals surface area contributed by atoms with E-state index in [4.69, 9.17) is 16.2 Å². The van der Waals surface area contributed by atoms with Crippen LogP contribution in [0, 0.1) is 0 Å². The molecule has 2 atom stereocenters. The number of nitrogens with two attached hydrogens (primary N) is 2. The van der Waals surface area contributed by atoms with Gasteiger partial charge in [0.2, 0.25) is 0 Å². The Balaban J connectivity index is 1.76. The Morgan fingerprint density at radius 1 is 0.929 bits per heavy atom. The van der Waals surface area contributed by atoms with E-state index in [1.165, 1.54) is 5.56 Å². The summed E-state index contributed by atoms with van der Waals surface area (Å²) in [5.41, 5.74) is 16.0. The average Bonchev–Trinajstić information content (AvgIpc) is 2.68. The largest absolute Gasteiger partial charge is 0.483 e. The average molecular weight is 376 g/mol. The fourth-order valence-electron chi connectivity index (χ4n) is 3.29. The zero-order valence-corrected chi connectivity index (χ0v) is 16.8. The molecule has 0 fully saturated rings. The van der Waals surface area contributed by atoms with Crippen molar-refractivity contribution >= 4 is 17.1 Å². The van der Waals surface area contributed by atoms with Crippen LogP contribution < -0.4 is 21.5 Å². The molecule has 2 unspecified atom stereocenters. The maximum atomic E-state index is 6.31. The lowest BCUT2D eigenvalue weighted by Crippen LogP contribution is -2.28. The first-order valence-corrected chi connectivity index (χ1v) is 9.67. The number of nitrogens with one attached hydrogen (secondary N) is 1. The molecule has 0 aliphatic heterocycles. The molecular formula is C24H29N3O. The van der Waals surface area contributed by atoms with Gasteiger partial charge >= 0.3 is 0 Å². The van der Waals surface area contributed by atoms with Gasteiger partial charge in [-0.3, -0.25) is 0 Å². The summed E-state index contributed by atoms with van der Waals surface area (Å²) in [7, 11) is 0. The van der Waals surface area contributed by atoms with Crippen LogP contribution in [0.3, 0.4) is 0 Å². The number of hydrogen-bond donors (Lipinski definition) is 3. The minimum atomic E-state index is -0.468. The third-order valence-electron chi connectivity index (χ3n) is 5.15. The fraction of sp³-hybridized carbons (Fsp3) is 0.250. The third-order valence-corrected chi connectivity index (χ3v) is 5.15. The number of ether oxygens (including phenoxy) is 1. The zero-order valence-electron chi connectivity index (χ0n) is 16.8. The Morgan fingerprint density at radius 3 is 2.11 bits per heavy atom. The highest BCUT2D eigenvalue weighted by Crippen LogP contribution is 2.34. The number of nitrogen functional groups attached to an aromatic ring is 2. The highest BCUT2D eigenvalue weighted by Gasteiger charge is 2.27. The number of benzene rings is 3. The van der Waals surface area contributed by atoms with E-state index in [0.29, 0.717) is 17.1 Å². The van der Waals surface area contributed by atoms with E-state index in [0.717, 1.165) is 17.7 Å². The zero-order chi connectivity index (χ0) is 20.1. The topological polar surface area (TPSA) is 73.3 Å². The number of anilines is 3. The highest BCUT2D eigenvalue weighted by molar-refractivity contribution is 5.57. The fourth-order valence-corrected chi connectivity index (χ4v) is 3.29. The van der Waals surface area contributed by atoms with Gasteiger partial charge in [-0.1, -0.05) is 49.4 Å². The van der Waals surface area contributed by atoms with E-state index in [1.807, 2.05) is 18.2 Å². The van der Waals surface area contributed by atoms with E-state index < -0.39 is 5.60 Å². The number of hydrogen-bond acceptors (Lipinski definition) is 4. The van der Waals surface area contributed by atoms with Crippen LogP contribution in [0.1, 0.15) is 44.4 Å². The van der Waals surface area contributed by atoms with Gasteiger partial charge in [0, 0.05) is 35.2 Å². The van der Waals surface area contributed by atoms with Gasteiger partial charge in [-0.15, -0.1) is 0 Å². The summed E-state index contributed by atoms with van der Waals surface area (Å²) in [6.45, 7) is 6.35. The van der Waals surface area contributed by atoms with Crippen molar-refractivity contribution in [3.05, 3.63) is 83.9 Å². The first-order chi connectivity index (χ1) is 13.4. The lowest BCUT2D eigenvalue weighted by Gasteiger charge is -2.31. The third kappa shape index (κ3) is 4.58. The van der Waals surface area contributed by atoms with Crippen molar-refractivity contribution in [1.29, 1.82) is 0 Å². The van der Waals surface area contributed by atoms with Gasteiger partial charge in [0.05, 0.1) is 0 Å². The van der Waals surface area contributed by atoms with Crippen LogP contribution >= 0.6 is 0 Å². The number of rotatable bonds is 7. The van der Waals surface area contributed by atoms with Crippen LogP contribution in [-0.2, 0) is 5.60 Å². The molecule has 0 aliphatic rings. The second kappa shape index (κ2) is 8.26. The standard InChI is InChI=1S/C24H29N3O/c1-4-24(3,28-23-15-20(25)14-21(26)16-23)19-10-12-22(13-11-19)27-17(2)18-8-6-5-7-9-18/h5-17,27H,4,25-26H2,1-3H3. The molecule has 5 N–H and O–H groups in total. The van der Waals surface area contributed by atoms with Crippen LogP contribution in [0.25, 0.3) is 0 Å². The Kier molecular flexibility index (Phi) is 5.78. The van der Waals surface area contributed by atoms with Gasteiger partial charge in [0.25, 0.3) is 0 Å². The molecule has 0 saturated heterocycles. The molecule has 0 amide bonds. The summed E-state index contributed by atoms with van der Waals surface area (Å²) >= 11 is 0. The second-order valence-corrected chi connectivity index (χ2v) is 7.38. The van der Waals surface area contributed by atoms with Crippen LogP contribution in [-0.4, -0.2) is 0 Å². The summed E-state index contributed by atoms with van der Waals surface area (Å²) in [5.74, 6) is 0.682. The lowest BCUT2D eigenvalue weighted by atomic mass is 9.92. The summed E-state index contributed by atoms with van der Waals surface area (Å²) in [5, 5.41) is 3.55. The molecule has 28 heavy (non-hydrogen) atoms. The van der Waals surface area contributed by atoms with Crippen LogP contribution in [0.15, 0.2) is 72.8 Å². The van der Waals surface area contributed by atoms with E-state index in [-0.39, 0.29) is 6.04 Å². The molecule has 0 aliphatic carbocycles. The van der Waals surface area contributed by atoms with Crippen molar-refractivity contribution in [3.63, 3.8) is 0 Å². The first-order valence-electron chi connectivity index (χ1n) is 9.67. The van der Waals surface area contributed by atoms with Crippen molar-refractivity contribution in [3.8, 4) is 5.75 Å². The van der Waals surface area contributed by atoms with Crippen LogP contribution in [0.5, 0.6) is 5.75 Å². The highest BCUT2D eigenvalue weighted by atomic mass is 16.5. The van der Waals surface area contributed by atoms with E-state index in [9.17, 15) is 0 Å². The van der Waals surface area contributed by atoms with Gasteiger partial charge in [-0.25, -0.2) is 0 Å². The molecule has 0 aromatic heterocycles. The second-order valence-electron chi connectivity index (χ2n) is 7.38. The molecule has 146 valence electrons. The molecule has 0 spiro atoms. The molecular weight excluding hydrogens is 346 g/mol. The van der Waals surface area contributed by atoms with E-state index in [1.54, 1.807) is 6.07 Å². The van der Waals surface area contributed by atoms with Crippen molar-refractivity contribution < 1.29 is 4.74 Å². The van der Waals surface area contributed by atoms with Gasteiger partial charge in [-0.05, 0) is 49.6 Å². The monoisotopic (exact) mass is 375 g/mol. The normalized spacial score (nSPS) is 14.1. The molecule has 4 heteroatoms. The van der Waals surface area contributed by atoms with Crippen molar-refractivity contribution in [2.45, 2.75) is 38.8 Å². The Hall–Kier alpha value is -3.14. The Labute approximate surface area is 167 Å². The molecule has 0 radical (unpaired) electrons. The quantitative estimate of drug-likeness (QED) is 0.461. The maximum Gasteiger partial charge on any atom is 0.131 e. The molecule has 3 aromatic rings. The smallest absolute Gasteiger partial charge is 0.131 e. The summed E-state index contributed by atoms with van der Waals surface area (Å²) in [6, 6.07) is 24.4. The first kappa shape index (κ1) is 19.6. The Bertz CT molecular complexity index is 889. The van der Waals surface area contributed by atoms with E-state index in [2.05, 4.69) is 74.6 Å². The Morgan fingerprint density at radius 2 is 1.54 bits per heavy atom. The predicted octanol–water partition coefficient (Wildman–Crippen LogP) is 5.73. The minimum absolute atomic E-state index is 0.233. The summed E-state index contributed by atoms with van der Waals surface area (Å²) < 4.78 is 6.31. The van der Waals surface area contributed by atoms with Crippen LogP contribution in [0.2, 0.25) is 0 Å².